The van der Waals surface area contributed by atoms with Gasteiger partial charge in [-0.2, -0.15) is 0 Å². The quantitative estimate of drug-likeness (QED) is 0.834. The highest BCUT2D eigenvalue weighted by molar-refractivity contribution is 9.10. The monoisotopic (exact) mass is 295 g/mol. The van der Waals surface area contributed by atoms with Crippen LogP contribution in [-0.4, -0.2) is 4.57 Å². The minimum atomic E-state index is -0.290. The lowest BCUT2D eigenvalue weighted by molar-refractivity contribution is 0.622. The van der Waals surface area contributed by atoms with Gasteiger partial charge in [0.1, 0.15) is 5.82 Å². The molecule has 0 radical (unpaired) electrons. The Kier molecular flexibility index (Phi) is 3.43. The second kappa shape index (κ2) is 4.84. The van der Waals surface area contributed by atoms with Gasteiger partial charge < -0.3 is 4.57 Å². The third-order valence-corrected chi connectivity index (χ3v) is 2.99. The molecule has 0 aliphatic carbocycles. The smallest absolute Gasteiger partial charge is 0.265 e. The Balaban J connectivity index is 2.40. The number of nitrogens with zero attached hydrogens (tertiary/aromatic N) is 1. The van der Waals surface area contributed by atoms with Crippen molar-refractivity contribution in [1.29, 1.82) is 0 Å². The molecule has 0 saturated heterocycles. The highest BCUT2D eigenvalue weighted by atomic mass is 79.9. The van der Waals surface area contributed by atoms with E-state index in [1.54, 1.807) is 29.0 Å². The number of benzene rings is 1. The maximum Gasteiger partial charge on any atom is 0.265 e. The Morgan fingerprint density at radius 3 is 2.82 bits per heavy atom. The van der Waals surface area contributed by atoms with Gasteiger partial charge in [-0.1, -0.05) is 12.1 Å². The average molecular weight is 296 g/mol. The first-order valence-corrected chi connectivity index (χ1v) is 5.96. The number of aromatic nitrogens is 1. The number of pyridine rings is 1. The van der Waals surface area contributed by atoms with Crippen LogP contribution in [0.1, 0.15) is 11.1 Å². The van der Waals surface area contributed by atoms with E-state index < -0.39 is 0 Å². The third kappa shape index (κ3) is 2.82. The fourth-order valence-corrected chi connectivity index (χ4v) is 2.28. The highest BCUT2D eigenvalue weighted by Crippen LogP contribution is 2.09. The lowest BCUT2D eigenvalue weighted by Crippen LogP contribution is -2.21. The Bertz CT molecular complexity index is 607. The van der Waals surface area contributed by atoms with E-state index in [0.29, 0.717) is 11.0 Å². The number of hydrogen-bond donors (Lipinski definition) is 0. The lowest BCUT2D eigenvalue weighted by Gasteiger charge is -2.08. The van der Waals surface area contributed by atoms with Gasteiger partial charge in [-0.15, -0.1) is 0 Å². The first-order valence-electron chi connectivity index (χ1n) is 5.17. The molecule has 1 aromatic heterocycles. The molecule has 2 aromatic rings. The number of hydrogen-bond acceptors (Lipinski definition) is 1. The molecule has 0 amide bonds. The van der Waals surface area contributed by atoms with E-state index in [4.69, 9.17) is 0 Å². The molecule has 0 saturated carbocycles. The van der Waals surface area contributed by atoms with Crippen LogP contribution < -0.4 is 5.56 Å². The normalized spacial score (nSPS) is 10.5. The summed E-state index contributed by atoms with van der Waals surface area (Å²) in [6.45, 7) is 2.28. The molecular formula is C13H11BrFNO. The van der Waals surface area contributed by atoms with Gasteiger partial charge in [0, 0.05) is 6.20 Å². The molecule has 0 bridgehead atoms. The summed E-state index contributed by atoms with van der Waals surface area (Å²) in [5, 5.41) is 0. The van der Waals surface area contributed by atoms with E-state index in [-0.39, 0.29) is 11.4 Å². The Morgan fingerprint density at radius 2 is 2.12 bits per heavy atom. The molecular weight excluding hydrogens is 285 g/mol. The fraction of sp³-hybridized carbons (Fsp3) is 0.154. The molecule has 0 spiro atoms. The van der Waals surface area contributed by atoms with Crippen molar-refractivity contribution in [2.75, 3.05) is 0 Å². The van der Waals surface area contributed by atoms with E-state index in [2.05, 4.69) is 15.9 Å². The zero-order chi connectivity index (χ0) is 12.4. The topological polar surface area (TPSA) is 22.0 Å². The van der Waals surface area contributed by atoms with Gasteiger partial charge in [0.05, 0.1) is 11.0 Å². The molecule has 4 heteroatoms. The zero-order valence-electron chi connectivity index (χ0n) is 9.28. The predicted octanol–water partition coefficient (Wildman–Crippen LogP) is 3.11. The molecule has 0 N–H and O–H groups in total. The van der Waals surface area contributed by atoms with Crippen LogP contribution >= 0.6 is 15.9 Å². The van der Waals surface area contributed by atoms with Crippen molar-refractivity contribution in [2.24, 2.45) is 0 Å². The maximum absolute atomic E-state index is 13.0. The molecule has 17 heavy (non-hydrogen) atoms. The zero-order valence-corrected chi connectivity index (χ0v) is 10.9. The minimum absolute atomic E-state index is 0.111. The fourth-order valence-electron chi connectivity index (χ4n) is 1.69. The largest absolute Gasteiger partial charge is 0.310 e. The number of aryl methyl sites for hydroxylation is 1. The van der Waals surface area contributed by atoms with Crippen molar-refractivity contribution in [3.63, 3.8) is 0 Å². The van der Waals surface area contributed by atoms with E-state index >= 15 is 0 Å². The van der Waals surface area contributed by atoms with Crippen molar-refractivity contribution in [3.8, 4) is 0 Å². The predicted molar refractivity (Wildman–Crippen MR) is 68.6 cm³/mol. The molecule has 0 aliphatic rings. The second-order valence-electron chi connectivity index (χ2n) is 3.93. The average Bonchev–Trinajstić information content (AvgIpc) is 2.25. The summed E-state index contributed by atoms with van der Waals surface area (Å²) in [6, 6.07) is 8.03. The van der Waals surface area contributed by atoms with Gasteiger partial charge >= 0.3 is 0 Å². The molecule has 1 aromatic carbocycles. The van der Waals surface area contributed by atoms with Crippen molar-refractivity contribution in [1.82, 2.24) is 4.57 Å². The lowest BCUT2D eigenvalue weighted by atomic mass is 10.2. The standard InChI is InChI=1S/C13H11BrFNO/c1-9-5-12(14)13(17)16(7-9)8-10-3-2-4-11(15)6-10/h2-7H,8H2,1H3. The molecule has 88 valence electrons. The number of rotatable bonds is 2. The SMILES string of the molecule is Cc1cc(Br)c(=O)n(Cc2cccc(F)c2)c1. The molecule has 1 heterocycles. The highest BCUT2D eigenvalue weighted by Gasteiger charge is 2.03. The van der Waals surface area contributed by atoms with Crippen LogP contribution in [0.2, 0.25) is 0 Å². The van der Waals surface area contributed by atoms with Crippen molar-refractivity contribution < 1.29 is 4.39 Å². The van der Waals surface area contributed by atoms with E-state index in [1.807, 2.05) is 6.92 Å². The van der Waals surface area contributed by atoms with Gasteiger partial charge in [-0.05, 0) is 52.2 Å². The van der Waals surface area contributed by atoms with Crippen molar-refractivity contribution in [3.05, 3.63) is 68.3 Å². The molecule has 0 unspecified atom stereocenters. The van der Waals surface area contributed by atoms with Crippen LogP contribution in [0.25, 0.3) is 0 Å². The van der Waals surface area contributed by atoms with Gasteiger partial charge in [-0.25, -0.2) is 4.39 Å². The summed E-state index contributed by atoms with van der Waals surface area (Å²) in [7, 11) is 0. The minimum Gasteiger partial charge on any atom is -0.310 e. The first kappa shape index (κ1) is 12.0. The molecule has 0 fully saturated rings. The number of halogens is 2. The summed E-state index contributed by atoms with van der Waals surface area (Å²) < 4.78 is 15.1. The van der Waals surface area contributed by atoms with E-state index in [1.165, 1.54) is 12.1 Å². The molecule has 0 aliphatic heterocycles. The molecule has 0 atom stereocenters. The second-order valence-corrected chi connectivity index (χ2v) is 4.78. The summed E-state index contributed by atoms with van der Waals surface area (Å²) in [4.78, 5) is 11.8. The Labute approximate surface area is 107 Å². The first-order chi connectivity index (χ1) is 8.06. The van der Waals surface area contributed by atoms with Crippen molar-refractivity contribution in [2.45, 2.75) is 13.5 Å². The van der Waals surface area contributed by atoms with Crippen molar-refractivity contribution >= 4 is 15.9 Å². The van der Waals surface area contributed by atoms with Crippen LogP contribution in [0, 0.1) is 12.7 Å². The summed E-state index contributed by atoms with van der Waals surface area (Å²) in [5.41, 5.74) is 1.64. The summed E-state index contributed by atoms with van der Waals surface area (Å²) in [5.74, 6) is -0.290. The van der Waals surface area contributed by atoms with Crippen LogP contribution in [0.15, 0.2) is 45.8 Å². The molecule has 2 nitrogen and oxygen atoms in total. The third-order valence-electron chi connectivity index (χ3n) is 2.42. The van der Waals surface area contributed by atoms with Gasteiger partial charge in [0.15, 0.2) is 0 Å². The van der Waals surface area contributed by atoms with Crippen LogP contribution in [0.4, 0.5) is 4.39 Å². The van der Waals surface area contributed by atoms with E-state index in [0.717, 1.165) is 11.1 Å². The van der Waals surface area contributed by atoms with Crippen LogP contribution in [0.5, 0.6) is 0 Å². The Hall–Kier alpha value is -1.42. The van der Waals surface area contributed by atoms with Gasteiger partial charge in [0.2, 0.25) is 0 Å². The van der Waals surface area contributed by atoms with Crippen LogP contribution in [0.3, 0.4) is 0 Å². The van der Waals surface area contributed by atoms with Gasteiger partial charge in [0.25, 0.3) is 5.56 Å². The van der Waals surface area contributed by atoms with Gasteiger partial charge in [-0.3, -0.25) is 4.79 Å². The van der Waals surface area contributed by atoms with Crippen LogP contribution in [-0.2, 0) is 6.54 Å². The van der Waals surface area contributed by atoms with E-state index in [9.17, 15) is 9.18 Å². The summed E-state index contributed by atoms with van der Waals surface area (Å²) >= 11 is 3.22. The molecule has 2 rings (SSSR count). The summed E-state index contributed by atoms with van der Waals surface area (Å²) in [6.07, 6.45) is 1.76. The maximum atomic E-state index is 13.0. The Morgan fingerprint density at radius 1 is 1.35 bits per heavy atom.